The number of rotatable bonds is 5. The highest BCUT2D eigenvalue weighted by molar-refractivity contribution is 6.03. The Bertz CT molecular complexity index is 1120. The predicted octanol–water partition coefficient (Wildman–Crippen LogP) is 5.40. The normalized spacial score (nSPS) is 15.8. The number of aryl methyl sites for hydroxylation is 2. The maximum absolute atomic E-state index is 12.8. The van der Waals surface area contributed by atoms with E-state index >= 15 is 0 Å². The molecule has 3 aromatic carbocycles. The molecule has 0 bridgehead atoms. The number of hydrogen-bond donors (Lipinski definition) is 1. The van der Waals surface area contributed by atoms with E-state index in [1.165, 1.54) is 0 Å². The van der Waals surface area contributed by atoms with Gasteiger partial charge >= 0.3 is 0 Å². The van der Waals surface area contributed by atoms with Gasteiger partial charge in [-0.15, -0.1) is 0 Å². The van der Waals surface area contributed by atoms with Gasteiger partial charge in [-0.2, -0.15) is 0 Å². The van der Waals surface area contributed by atoms with Crippen LogP contribution in [0.1, 0.15) is 23.1 Å². The molecule has 3 aromatic rings. The Labute approximate surface area is 182 Å². The molecule has 1 aliphatic heterocycles. The Morgan fingerprint density at radius 1 is 0.935 bits per heavy atom. The number of nitrogens with zero attached hydrogens (tertiary/aromatic N) is 1. The lowest BCUT2D eigenvalue weighted by atomic mass is 10.1. The smallest absolute Gasteiger partial charge is 0.229 e. The number of anilines is 2. The van der Waals surface area contributed by atoms with Gasteiger partial charge in [0.15, 0.2) is 0 Å². The van der Waals surface area contributed by atoms with E-state index in [1.807, 2.05) is 87.5 Å². The van der Waals surface area contributed by atoms with Crippen molar-refractivity contribution in [1.29, 1.82) is 0 Å². The van der Waals surface area contributed by atoms with E-state index in [9.17, 15) is 9.59 Å². The predicted molar refractivity (Wildman–Crippen MR) is 123 cm³/mol. The fraction of sp³-hybridized carbons (Fsp3) is 0.231. The third kappa shape index (κ3) is 4.45. The third-order valence-electron chi connectivity index (χ3n) is 5.81. The molecule has 5 heteroatoms. The minimum atomic E-state index is -0.379. The molecule has 2 amide bonds. The Balaban J connectivity index is 1.40. The maximum Gasteiger partial charge on any atom is 0.229 e. The van der Waals surface area contributed by atoms with Crippen LogP contribution in [0.15, 0.2) is 66.7 Å². The van der Waals surface area contributed by atoms with Crippen LogP contribution in [0.3, 0.4) is 0 Å². The number of ether oxygens (including phenoxy) is 1. The fourth-order valence-corrected chi connectivity index (χ4v) is 3.79. The third-order valence-corrected chi connectivity index (χ3v) is 5.81. The van der Waals surface area contributed by atoms with E-state index < -0.39 is 0 Å². The first-order chi connectivity index (χ1) is 14.9. The van der Waals surface area contributed by atoms with Crippen LogP contribution in [-0.2, 0) is 9.59 Å². The molecular formula is C26H26N2O3. The van der Waals surface area contributed by atoms with E-state index in [0.717, 1.165) is 28.1 Å². The SMILES string of the molecule is Cc1ccccc1Oc1ccc(NC(=O)[C@H]2CC(=O)N(c3cccc(C)c3C)C2)cc1. The zero-order valence-corrected chi connectivity index (χ0v) is 18.0. The number of benzene rings is 3. The van der Waals surface area contributed by atoms with Gasteiger partial charge in [-0.05, 0) is 73.9 Å². The number of carbonyl (C=O) groups is 2. The zero-order valence-electron chi connectivity index (χ0n) is 18.0. The molecular weight excluding hydrogens is 388 g/mol. The van der Waals surface area contributed by atoms with Gasteiger partial charge in [-0.3, -0.25) is 9.59 Å². The molecule has 1 N–H and O–H groups in total. The van der Waals surface area contributed by atoms with Crippen molar-refractivity contribution in [1.82, 2.24) is 0 Å². The monoisotopic (exact) mass is 414 g/mol. The topological polar surface area (TPSA) is 58.6 Å². The average Bonchev–Trinajstić information content (AvgIpc) is 3.15. The fourth-order valence-electron chi connectivity index (χ4n) is 3.79. The quantitative estimate of drug-likeness (QED) is 0.608. The summed E-state index contributed by atoms with van der Waals surface area (Å²) in [6.07, 6.45) is 0.216. The Morgan fingerprint density at radius 2 is 1.65 bits per heavy atom. The number of nitrogens with one attached hydrogen (secondary N) is 1. The molecule has 0 radical (unpaired) electrons. The first kappa shape index (κ1) is 20.7. The van der Waals surface area contributed by atoms with Crippen molar-refractivity contribution in [3.63, 3.8) is 0 Å². The van der Waals surface area contributed by atoms with Crippen molar-refractivity contribution in [2.24, 2.45) is 5.92 Å². The van der Waals surface area contributed by atoms with Gasteiger partial charge in [-0.1, -0.05) is 30.3 Å². The van der Waals surface area contributed by atoms with Gasteiger partial charge in [0.05, 0.1) is 5.92 Å². The van der Waals surface area contributed by atoms with Gasteiger partial charge in [0.25, 0.3) is 0 Å². The molecule has 5 nitrogen and oxygen atoms in total. The molecule has 158 valence electrons. The highest BCUT2D eigenvalue weighted by Crippen LogP contribution is 2.30. The van der Waals surface area contributed by atoms with E-state index in [1.54, 1.807) is 4.90 Å². The lowest BCUT2D eigenvalue weighted by Gasteiger charge is -2.20. The summed E-state index contributed by atoms with van der Waals surface area (Å²) in [5.41, 5.74) is 4.82. The first-order valence-corrected chi connectivity index (χ1v) is 10.4. The van der Waals surface area contributed by atoms with Crippen LogP contribution in [0.4, 0.5) is 11.4 Å². The van der Waals surface area contributed by atoms with E-state index in [0.29, 0.717) is 18.0 Å². The van der Waals surface area contributed by atoms with E-state index in [4.69, 9.17) is 4.74 Å². The average molecular weight is 415 g/mol. The van der Waals surface area contributed by atoms with Crippen LogP contribution >= 0.6 is 0 Å². The van der Waals surface area contributed by atoms with Gasteiger partial charge in [0.2, 0.25) is 11.8 Å². The van der Waals surface area contributed by atoms with Crippen LogP contribution in [0, 0.1) is 26.7 Å². The summed E-state index contributed by atoms with van der Waals surface area (Å²) in [6.45, 7) is 6.42. The van der Waals surface area contributed by atoms with Gasteiger partial charge in [0.1, 0.15) is 11.5 Å². The molecule has 4 rings (SSSR count). The summed E-state index contributed by atoms with van der Waals surface area (Å²) < 4.78 is 5.90. The van der Waals surface area contributed by atoms with E-state index in [-0.39, 0.29) is 24.2 Å². The maximum atomic E-state index is 12.8. The number of amides is 2. The van der Waals surface area contributed by atoms with Crippen molar-refractivity contribution in [2.75, 3.05) is 16.8 Å². The van der Waals surface area contributed by atoms with Crippen LogP contribution in [0.5, 0.6) is 11.5 Å². The Kier molecular flexibility index (Phi) is 5.76. The van der Waals surface area contributed by atoms with Crippen LogP contribution in [0.25, 0.3) is 0 Å². The second-order valence-electron chi connectivity index (χ2n) is 8.01. The van der Waals surface area contributed by atoms with E-state index in [2.05, 4.69) is 5.32 Å². The van der Waals surface area contributed by atoms with Crippen molar-refractivity contribution in [3.8, 4) is 11.5 Å². The number of para-hydroxylation sites is 1. The van der Waals surface area contributed by atoms with Crippen molar-refractivity contribution in [2.45, 2.75) is 27.2 Å². The standard InChI is InChI=1S/C26H26N2O3/c1-17-8-6-9-23(19(17)3)28-16-20(15-25(28)29)26(30)27-21-11-13-22(14-12-21)31-24-10-5-4-7-18(24)2/h4-14,20H,15-16H2,1-3H3,(H,27,30)/t20-/m0/s1. The molecule has 1 atom stereocenters. The molecule has 1 heterocycles. The number of carbonyl (C=O) groups excluding carboxylic acids is 2. The highest BCUT2D eigenvalue weighted by Gasteiger charge is 2.35. The summed E-state index contributed by atoms with van der Waals surface area (Å²) in [6, 6.07) is 21.0. The highest BCUT2D eigenvalue weighted by atomic mass is 16.5. The lowest BCUT2D eigenvalue weighted by Crippen LogP contribution is -2.28. The van der Waals surface area contributed by atoms with Gasteiger partial charge in [0, 0.05) is 24.3 Å². The Hall–Kier alpha value is -3.60. The molecule has 0 aliphatic carbocycles. The zero-order chi connectivity index (χ0) is 22.0. The van der Waals surface area contributed by atoms with Crippen LogP contribution in [-0.4, -0.2) is 18.4 Å². The molecule has 0 saturated carbocycles. The summed E-state index contributed by atoms with van der Waals surface area (Å²) >= 11 is 0. The molecule has 1 aliphatic rings. The van der Waals surface area contributed by atoms with Crippen molar-refractivity contribution in [3.05, 3.63) is 83.4 Å². The van der Waals surface area contributed by atoms with Crippen LogP contribution in [0.2, 0.25) is 0 Å². The summed E-state index contributed by atoms with van der Waals surface area (Å²) in [5.74, 6) is 0.958. The summed E-state index contributed by atoms with van der Waals surface area (Å²) in [5, 5.41) is 2.93. The molecule has 1 fully saturated rings. The summed E-state index contributed by atoms with van der Waals surface area (Å²) in [7, 11) is 0. The molecule has 0 unspecified atom stereocenters. The molecule has 31 heavy (non-hydrogen) atoms. The van der Waals surface area contributed by atoms with Crippen molar-refractivity contribution < 1.29 is 14.3 Å². The summed E-state index contributed by atoms with van der Waals surface area (Å²) in [4.78, 5) is 27.1. The lowest BCUT2D eigenvalue weighted by molar-refractivity contribution is -0.122. The first-order valence-electron chi connectivity index (χ1n) is 10.4. The van der Waals surface area contributed by atoms with Gasteiger partial charge < -0.3 is 15.0 Å². The minimum Gasteiger partial charge on any atom is -0.457 e. The number of hydrogen-bond acceptors (Lipinski definition) is 3. The largest absolute Gasteiger partial charge is 0.457 e. The molecule has 0 spiro atoms. The second kappa shape index (κ2) is 8.64. The van der Waals surface area contributed by atoms with Gasteiger partial charge in [-0.25, -0.2) is 0 Å². The second-order valence-corrected chi connectivity index (χ2v) is 8.01. The minimum absolute atomic E-state index is 0.0178. The molecule has 1 saturated heterocycles. The van der Waals surface area contributed by atoms with Crippen molar-refractivity contribution >= 4 is 23.2 Å². The Morgan fingerprint density at radius 3 is 2.39 bits per heavy atom. The molecule has 0 aromatic heterocycles. The van der Waals surface area contributed by atoms with Crippen LogP contribution < -0.4 is 15.0 Å².